The van der Waals surface area contributed by atoms with Gasteiger partial charge < -0.3 is 19.5 Å². The van der Waals surface area contributed by atoms with Crippen LogP contribution in [0.2, 0.25) is 0 Å². The highest BCUT2D eigenvalue weighted by atomic mass is 32.2. The van der Waals surface area contributed by atoms with Gasteiger partial charge in [0.25, 0.3) is 5.91 Å². The van der Waals surface area contributed by atoms with Crippen molar-refractivity contribution < 1.29 is 32.2 Å². The number of hydrogen-bond acceptors (Lipinski definition) is 7. The molecule has 1 aliphatic heterocycles. The zero-order valence-electron chi connectivity index (χ0n) is 16.0. The van der Waals surface area contributed by atoms with E-state index >= 15 is 0 Å². The van der Waals surface area contributed by atoms with Gasteiger partial charge in [0.05, 0.1) is 17.1 Å². The maximum Gasteiger partial charge on any atom is 0.307 e. The molecular weight excluding hydrogens is 398 g/mol. The number of nitrogens with one attached hydrogen (secondary N) is 1. The van der Waals surface area contributed by atoms with Gasteiger partial charge in [-0.25, -0.2) is 8.42 Å². The van der Waals surface area contributed by atoms with Crippen LogP contribution in [-0.4, -0.2) is 38.9 Å². The van der Waals surface area contributed by atoms with Gasteiger partial charge >= 0.3 is 5.97 Å². The third kappa shape index (κ3) is 5.26. The van der Waals surface area contributed by atoms with E-state index in [1.54, 1.807) is 30.3 Å². The molecule has 0 spiro atoms. The van der Waals surface area contributed by atoms with Gasteiger partial charge in [-0.15, -0.1) is 0 Å². The molecule has 0 saturated heterocycles. The molecule has 1 heterocycles. The fourth-order valence-electron chi connectivity index (χ4n) is 2.61. The predicted octanol–water partition coefficient (Wildman–Crippen LogP) is 2.46. The molecule has 1 atom stereocenters. The lowest BCUT2D eigenvalue weighted by atomic mass is 10.2. The van der Waals surface area contributed by atoms with E-state index in [1.165, 1.54) is 19.1 Å². The molecule has 154 valence electrons. The van der Waals surface area contributed by atoms with Crippen molar-refractivity contribution in [1.82, 2.24) is 0 Å². The number of hydrogen-bond donors (Lipinski definition) is 1. The highest BCUT2D eigenvalue weighted by Crippen LogP contribution is 2.34. The van der Waals surface area contributed by atoms with Crippen LogP contribution in [0.15, 0.2) is 47.4 Å². The molecule has 1 aliphatic rings. The van der Waals surface area contributed by atoms with Crippen LogP contribution < -0.4 is 14.8 Å². The largest absolute Gasteiger partial charge is 0.454 e. The molecule has 0 radical (unpaired) electrons. The molecular formula is C20H21NO7S. The minimum absolute atomic E-state index is 0.117. The van der Waals surface area contributed by atoms with Crippen LogP contribution in [-0.2, 0) is 24.2 Å². The van der Waals surface area contributed by atoms with Crippen LogP contribution in [0, 0.1) is 6.92 Å². The Balaban J connectivity index is 1.50. The van der Waals surface area contributed by atoms with Gasteiger partial charge in [-0.2, -0.15) is 0 Å². The lowest BCUT2D eigenvalue weighted by molar-refractivity contribution is -0.152. The smallest absolute Gasteiger partial charge is 0.307 e. The highest BCUT2D eigenvalue weighted by Gasteiger charge is 2.22. The van der Waals surface area contributed by atoms with E-state index in [0.29, 0.717) is 17.2 Å². The first-order valence-electron chi connectivity index (χ1n) is 8.94. The second-order valence-corrected chi connectivity index (χ2v) is 8.68. The number of anilines is 1. The minimum Gasteiger partial charge on any atom is -0.454 e. The topological polar surface area (TPSA) is 108 Å². The number of carbonyl (C=O) groups excluding carboxylic acids is 2. The van der Waals surface area contributed by atoms with Gasteiger partial charge in [0, 0.05) is 11.8 Å². The quantitative estimate of drug-likeness (QED) is 0.687. The average molecular weight is 419 g/mol. The van der Waals surface area contributed by atoms with E-state index in [1.807, 2.05) is 6.92 Å². The standard InChI is InChI=1S/C20H21NO7S/c1-13-3-6-16(7-4-13)29(24,25)10-9-19(22)28-14(2)20(23)21-15-5-8-17-18(11-15)27-12-26-17/h3-8,11,14H,9-10,12H2,1-2H3,(H,21,23). The first kappa shape index (κ1) is 20.7. The zero-order chi connectivity index (χ0) is 21.0. The SMILES string of the molecule is Cc1ccc(S(=O)(=O)CCC(=O)OC(C)C(=O)Nc2ccc3c(c2)OCO3)cc1. The molecule has 2 aromatic rings. The lowest BCUT2D eigenvalue weighted by Crippen LogP contribution is -2.30. The molecule has 1 N–H and O–H groups in total. The molecule has 1 amide bonds. The molecule has 3 rings (SSSR count). The average Bonchev–Trinajstić information content (AvgIpc) is 3.14. The number of esters is 1. The third-order valence-electron chi connectivity index (χ3n) is 4.27. The van der Waals surface area contributed by atoms with E-state index < -0.39 is 33.6 Å². The monoisotopic (exact) mass is 419 g/mol. The second kappa shape index (κ2) is 8.52. The lowest BCUT2D eigenvalue weighted by Gasteiger charge is -2.14. The maximum atomic E-state index is 12.3. The summed E-state index contributed by atoms with van der Waals surface area (Å²) >= 11 is 0. The molecule has 0 bridgehead atoms. The van der Waals surface area contributed by atoms with Crippen molar-refractivity contribution in [3.05, 3.63) is 48.0 Å². The second-order valence-electron chi connectivity index (χ2n) is 6.57. The van der Waals surface area contributed by atoms with E-state index in [4.69, 9.17) is 14.2 Å². The van der Waals surface area contributed by atoms with E-state index in [9.17, 15) is 18.0 Å². The zero-order valence-corrected chi connectivity index (χ0v) is 16.8. The Morgan fingerprint density at radius 3 is 2.52 bits per heavy atom. The van der Waals surface area contributed by atoms with Crippen molar-refractivity contribution in [2.24, 2.45) is 0 Å². The van der Waals surface area contributed by atoms with Crippen molar-refractivity contribution in [2.75, 3.05) is 17.9 Å². The van der Waals surface area contributed by atoms with Gasteiger partial charge in [-0.1, -0.05) is 17.7 Å². The summed E-state index contributed by atoms with van der Waals surface area (Å²) in [7, 11) is -3.61. The maximum absolute atomic E-state index is 12.3. The molecule has 0 aliphatic carbocycles. The summed E-state index contributed by atoms with van der Waals surface area (Å²) in [4.78, 5) is 24.4. The van der Waals surface area contributed by atoms with Gasteiger partial charge in [-0.05, 0) is 38.1 Å². The van der Waals surface area contributed by atoms with Crippen molar-refractivity contribution in [2.45, 2.75) is 31.3 Å². The van der Waals surface area contributed by atoms with Crippen molar-refractivity contribution in [3.8, 4) is 11.5 Å². The van der Waals surface area contributed by atoms with Crippen LogP contribution in [0.25, 0.3) is 0 Å². The van der Waals surface area contributed by atoms with E-state index in [0.717, 1.165) is 5.56 Å². The number of amides is 1. The Labute approximate surface area is 168 Å². The van der Waals surface area contributed by atoms with Gasteiger partial charge in [0.2, 0.25) is 6.79 Å². The minimum atomic E-state index is -3.61. The highest BCUT2D eigenvalue weighted by molar-refractivity contribution is 7.91. The Kier molecular flexibility index (Phi) is 6.07. The third-order valence-corrected chi connectivity index (χ3v) is 6.00. The number of aryl methyl sites for hydroxylation is 1. The van der Waals surface area contributed by atoms with Crippen LogP contribution in [0.5, 0.6) is 11.5 Å². The molecule has 0 fully saturated rings. The van der Waals surface area contributed by atoms with Crippen LogP contribution in [0.4, 0.5) is 5.69 Å². The first-order valence-corrected chi connectivity index (χ1v) is 10.6. The summed E-state index contributed by atoms with van der Waals surface area (Å²) in [6.45, 7) is 3.38. The van der Waals surface area contributed by atoms with Crippen LogP contribution in [0.3, 0.4) is 0 Å². The summed E-state index contributed by atoms with van der Waals surface area (Å²) in [6, 6.07) is 11.3. The Morgan fingerprint density at radius 2 is 1.79 bits per heavy atom. The molecule has 0 saturated carbocycles. The normalized spacial score (nSPS) is 13.6. The van der Waals surface area contributed by atoms with E-state index in [-0.39, 0.29) is 18.1 Å². The number of carbonyl (C=O) groups is 2. The van der Waals surface area contributed by atoms with Crippen molar-refractivity contribution >= 4 is 27.4 Å². The molecule has 8 nitrogen and oxygen atoms in total. The van der Waals surface area contributed by atoms with Crippen molar-refractivity contribution in [1.29, 1.82) is 0 Å². The Morgan fingerprint density at radius 1 is 1.10 bits per heavy atom. The van der Waals surface area contributed by atoms with Crippen LogP contribution in [0.1, 0.15) is 18.9 Å². The van der Waals surface area contributed by atoms with Crippen molar-refractivity contribution in [3.63, 3.8) is 0 Å². The molecule has 9 heteroatoms. The number of rotatable bonds is 7. The number of sulfone groups is 1. The summed E-state index contributed by atoms with van der Waals surface area (Å²) in [5, 5.41) is 2.61. The van der Waals surface area contributed by atoms with Gasteiger partial charge in [0.15, 0.2) is 27.4 Å². The Bertz CT molecular complexity index is 1020. The Hall–Kier alpha value is -3.07. The predicted molar refractivity (Wildman–Crippen MR) is 105 cm³/mol. The number of ether oxygens (including phenoxy) is 3. The van der Waals surface area contributed by atoms with Gasteiger partial charge in [0.1, 0.15) is 0 Å². The first-order chi connectivity index (χ1) is 13.7. The molecule has 1 unspecified atom stereocenters. The number of benzene rings is 2. The summed E-state index contributed by atoms with van der Waals surface area (Å²) in [5.41, 5.74) is 1.40. The van der Waals surface area contributed by atoms with Gasteiger partial charge in [-0.3, -0.25) is 9.59 Å². The number of fused-ring (bicyclic) bond motifs is 1. The fraction of sp³-hybridized carbons (Fsp3) is 0.300. The summed E-state index contributed by atoms with van der Waals surface area (Å²) in [5.74, 6) is -0.621. The molecule has 2 aromatic carbocycles. The van der Waals surface area contributed by atoms with Crippen LogP contribution >= 0.6 is 0 Å². The molecule has 0 aromatic heterocycles. The van der Waals surface area contributed by atoms with E-state index in [2.05, 4.69) is 5.32 Å². The summed E-state index contributed by atoms with van der Waals surface area (Å²) in [6.07, 6.45) is -1.44. The molecule has 29 heavy (non-hydrogen) atoms. The summed E-state index contributed by atoms with van der Waals surface area (Å²) < 4.78 is 40.1. The fourth-order valence-corrected chi connectivity index (χ4v) is 3.83.